The van der Waals surface area contributed by atoms with Gasteiger partial charge in [0.05, 0.1) is 5.52 Å². The third kappa shape index (κ3) is 2.07. The normalized spacial score (nSPS) is 14.9. The lowest BCUT2D eigenvalue weighted by Gasteiger charge is -2.17. The zero-order valence-corrected chi connectivity index (χ0v) is 9.85. The topological polar surface area (TPSA) is 38.9 Å². The third-order valence-electron chi connectivity index (χ3n) is 3.20. The van der Waals surface area contributed by atoms with Crippen molar-refractivity contribution in [2.75, 3.05) is 0 Å². The van der Waals surface area contributed by atoms with Crippen LogP contribution in [0.4, 0.5) is 0 Å². The lowest BCUT2D eigenvalue weighted by Crippen LogP contribution is -2.26. The average Bonchev–Trinajstić information content (AvgIpc) is 2.36. The molecule has 2 nitrogen and oxygen atoms in total. The first-order valence-corrected chi connectivity index (χ1v) is 5.83. The Morgan fingerprint density at radius 1 is 1.19 bits per heavy atom. The fourth-order valence-corrected chi connectivity index (χ4v) is 1.91. The number of hydrogen-bond acceptors (Lipinski definition) is 2. The van der Waals surface area contributed by atoms with E-state index in [0.29, 0.717) is 5.92 Å². The smallest absolute Gasteiger partial charge is 0.0705 e. The average molecular weight is 214 g/mol. The summed E-state index contributed by atoms with van der Waals surface area (Å²) in [5.74, 6) is 0.314. The molecule has 2 N–H and O–H groups in total. The van der Waals surface area contributed by atoms with Crippen molar-refractivity contribution in [3.8, 4) is 0 Å². The number of hydrogen-bond donors (Lipinski definition) is 1. The Hall–Kier alpha value is -1.41. The number of nitrogens with two attached hydrogens (primary N) is 1. The highest BCUT2D eigenvalue weighted by molar-refractivity contribution is 5.78. The van der Waals surface area contributed by atoms with Gasteiger partial charge in [-0.3, -0.25) is 4.98 Å². The highest BCUT2D eigenvalue weighted by Gasteiger charge is 2.14. The van der Waals surface area contributed by atoms with Crippen molar-refractivity contribution in [3.05, 3.63) is 42.1 Å². The predicted octanol–water partition coefficient (Wildman–Crippen LogP) is 3.08. The molecule has 0 saturated heterocycles. The van der Waals surface area contributed by atoms with Gasteiger partial charge in [0.25, 0.3) is 0 Å². The molecule has 0 spiro atoms. The number of benzene rings is 1. The van der Waals surface area contributed by atoms with E-state index < -0.39 is 0 Å². The van der Waals surface area contributed by atoms with Crippen molar-refractivity contribution in [1.82, 2.24) is 4.98 Å². The van der Waals surface area contributed by atoms with Gasteiger partial charge in [-0.05, 0) is 18.6 Å². The molecule has 1 aromatic heterocycles. The summed E-state index contributed by atoms with van der Waals surface area (Å²) in [7, 11) is 0. The minimum absolute atomic E-state index is 0.189. The van der Waals surface area contributed by atoms with Gasteiger partial charge in [0, 0.05) is 23.0 Å². The number of nitrogens with zero attached hydrogens (tertiary/aromatic N) is 1. The van der Waals surface area contributed by atoms with Crippen LogP contribution in [0.2, 0.25) is 0 Å². The van der Waals surface area contributed by atoms with Crippen LogP contribution in [0.15, 0.2) is 36.4 Å². The van der Waals surface area contributed by atoms with Crippen LogP contribution in [0, 0.1) is 0 Å². The van der Waals surface area contributed by atoms with Crippen LogP contribution < -0.4 is 5.73 Å². The van der Waals surface area contributed by atoms with E-state index in [1.165, 1.54) is 5.39 Å². The van der Waals surface area contributed by atoms with Gasteiger partial charge in [0.1, 0.15) is 0 Å². The summed E-state index contributed by atoms with van der Waals surface area (Å²) in [6, 6.07) is 12.6. The maximum absolute atomic E-state index is 6.05. The van der Waals surface area contributed by atoms with E-state index >= 15 is 0 Å². The fraction of sp³-hybridized carbons (Fsp3) is 0.357. The second-order valence-corrected chi connectivity index (χ2v) is 4.29. The number of rotatable bonds is 3. The van der Waals surface area contributed by atoms with Crippen LogP contribution in [0.5, 0.6) is 0 Å². The van der Waals surface area contributed by atoms with Crippen molar-refractivity contribution < 1.29 is 0 Å². The van der Waals surface area contributed by atoms with Crippen molar-refractivity contribution in [3.63, 3.8) is 0 Å². The Balaban J connectivity index is 2.39. The molecule has 0 fully saturated rings. The second kappa shape index (κ2) is 4.62. The molecule has 0 radical (unpaired) electrons. The molecule has 2 unspecified atom stereocenters. The first-order valence-electron chi connectivity index (χ1n) is 5.83. The Morgan fingerprint density at radius 2 is 1.94 bits per heavy atom. The molecule has 2 heteroatoms. The van der Waals surface area contributed by atoms with Crippen molar-refractivity contribution >= 4 is 10.9 Å². The van der Waals surface area contributed by atoms with E-state index in [1.54, 1.807) is 0 Å². The van der Waals surface area contributed by atoms with E-state index in [9.17, 15) is 0 Å². The molecule has 2 rings (SSSR count). The summed E-state index contributed by atoms with van der Waals surface area (Å²) in [6.07, 6.45) is 0.982. The molecule has 2 atom stereocenters. The Bertz CT molecular complexity index is 479. The summed E-state index contributed by atoms with van der Waals surface area (Å²) in [6.45, 7) is 4.26. The molecule has 0 amide bonds. The molecule has 1 aromatic carbocycles. The molecule has 0 aliphatic carbocycles. The number of fused-ring (bicyclic) bond motifs is 1. The van der Waals surface area contributed by atoms with Crippen molar-refractivity contribution in [1.29, 1.82) is 0 Å². The maximum atomic E-state index is 6.05. The molecule has 84 valence electrons. The minimum atomic E-state index is 0.189. The molecule has 0 bridgehead atoms. The molecule has 1 heterocycles. The number of aromatic nitrogens is 1. The molecular weight excluding hydrogens is 196 g/mol. The van der Waals surface area contributed by atoms with E-state index in [-0.39, 0.29) is 6.04 Å². The van der Waals surface area contributed by atoms with Crippen molar-refractivity contribution in [2.45, 2.75) is 32.2 Å². The first kappa shape index (κ1) is 11.1. The predicted molar refractivity (Wildman–Crippen MR) is 68.4 cm³/mol. The summed E-state index contributed by atoms with van der Waals surface area (Å²) in [4.78, 5) is 4.66. The van der Waals surface area contributed by atoms with Crippen LogP contribution in [-0.2, 0) is 0 Å². The van der Waals surface area contributed by atoms with E-state index in [4.69, 9.17) is 5.73 Å². The Kier molecular flexibility index (Phi) is 3.20. The zero-order valence-electron chi connectivity index (χ0n) is 9.85. The van der Waals surface area contributed by atoms with Gasteiger partial charge >= 0.3 is 0 Å². The highest BCUT2D eigenvalue weighted by Crippen LogP contribution is 2.20. The first-order chi connectivity index (χ1) is 7.72. The van der Waals surface area contributed by atoms with Crippen LogP contribution >= 0.6 is 0 Å². The lowest BCUT2D eigenvalue weighted by atomic mass is 9.96. The summed E-state index contributed by atoms with van der Waals surface area (Å²) < 4.78 is 0. The highest BCUT2D eigenvalue weighted by atomic mass is 14.7. The zero-order chi connectivity index (χ0) is 11.5. The van der Waals surface area contributed by atoms with E-state index in [0.717, 1.165) is 17.6 Å². The van der Waals surface area contributed by atoms with Crippen LogP contribution in [0.1, 0.15) is 31.9 Å². The monoisotopic (exact) mass is 214 g/mol. The largest absolute Gasteiger partial charge is 0.327 e. The molecule has 16 heavy (non-hydrogen) atoms. The third-order valence-corrected chi connectivity index (χ3v) is 3.20. The standard InChI is InChI=1S/C14H18N2/c1-3-12(15)10(2)13-9-8-11-6-4-5-7-14(11)16-13/h4-10,12H,3,15H2,1-2H3. The molecule has 2 aromatic rings. The van der Waals surface area contributed by atoms with Crippen LogP contribution in [0.25, 0.3) is 10.9 Å². The fourth-order valence-electron chi connectivity index (χ4n) is 1.91. The minimum Gasteiger partial charge on any atom is -0.327 e. The SMILES string of the molecule is CCC(N)C(C)c1ccc2ccccc2n1. The number of pyridine rings is 1. The van der Waals surface area contributed by atoms with Gasteiger partial charge in [-0.15, -0.1) is 0 Å². The molecule has 0 aliphatic heterocycles. The van der Waals surface area contributed by atoms with Gasteiger partial charge in [0.15, 0.2) is 0 Å². The lowest BCUT2D eigenvalue weighted by molar-refractivity contribution is 0.542. The summed E-state index contributed by atoms with van der Waals surface area (Å²) >= 11 is 0. The molecule has 0 aliphatic rings. The van der Waals surface area contributed by atoms with Gasteiger partial charge in [-0.1, -0.05) is 38.1 Å². The van der Waals surface area contributed by atoms with Gasteiger partial charge in [-0.25, -0.2) is 0 Å². The van der Waals surface area contributed by atoms with Gasteiger partial charge < -0.3 is 5.73 Å². The van der Waals surface area contributed by atoms with Crippen LogP contribution in [0.3, 0.4) is 0 Å². The second-order valence-electron chi connectivity index (χ2n) is 4.29. The quantitative estimate of drug-likeness (QED) is 0.852. The number of para-hydroxylation sites is 1. The van der Waals surface area contributed by atoms with Crippen LogP contribution in [-0.4, -0.2) is 11.0 Å². The van der Waals surface area contributed by atoms with E-state index in [2.05, 4.69) is 37.0 Å². The maximum Gasteiger partial charge on any atom is 0.0705 e. The van der Waals surface area contributed by atoms with Gasteiger partial charge in [-0.2, -0.15) is 0 Å². The van der Waals surface area contributed by atoms with E-state index in [1.807, 2.05) is 18.2 Å². The Labute approximate surface area is 96.5 Å². The summed E-state index contributed by atoms with van der Waals surface area (Å²) in [5.41, 5.74) is 8.19. The molecular formula is C14H18N2. The molecule has 0 saturated carbocycles. The van der Waals surface area contributed by atoms with Crippen molar-refractivity contribution in [2.24, 2.45) is 5.73 Å². The summed E-state index contributed by atoms with van der Waals surface area (Å²) in [5, 5.41) is 1.18. The Morgan fingerprint density at radius 3 is 2.69 bits per heavy atom. The van der Waals surface area contributed by atoms with Gasteiger partial charge in [0.2, 0.25) is 0 Å².